The molecule has 1 amide bonds. The number of hydrogen-bond acceptors (Lipinski definition) is 4. The lowest BCUT2D eigenvalue weighted by Crippen LogP contribution is -2.34. The van der Waals surface area contributed by atoms with Crippen molar-refractivity contribution in [3.63, 3.8) is 0 Å². The first-order valence-corrected chi connectivity index (χ1v) is 9.04. The third-order valence-electron chi connectivity index (χ3n) is 4.20. The van der Waals surface area contributed by atoms with Crippen LogP contribution in [-0.2, 0) is 4.79 Å². The Kier molecular flexibility index (Phi) is 7.21. The summed E-state index contributed by atoms with van der Waals surface area (Å²) in [5.74, 6) is -0.178. The van der Waals surface area contributed by atoms with Crippen LogP contribution in [0.5, 0.6) is 0 Å². The number of carbonyl (C=O) groups is 1. The van der Waals surface area contributed by atoms with E-state index in [4.69, 9.17) is 0 Å². The first kappa shape index (κ1) is 19.5. The molecule has 0 fully saturated rings. The Morgan fingerprint density at radius 1 is 1.15 bits per heavy atom. The molecule has 5 nitrogen and oxygen atoms in total. The van der Waals surface area contributed by atoms with E-state index in [1.54, 1.807) is 6.21 Å². The van der Waals surface area contributed by atoms with Crippen LogP contribution in [0.1, 0.15) is 31.9 Å². The van der Waals surface area contributed by atoms with Gasteiger partial charge in [-0.15, -0.1) is 0 Å². The number of aryl methyl sites for hydroxylation is 1. The summed E-state index contributed by atoms with van der Waals surface area (Å²) in [6.07, 6.45) is 1.66. The number of hydrazone groups is 1. The number of benzene rings is 2. The molecule has 0 aliphatic rings. The average Bonchev–Trinajstić information content (AvgIpc) is 2.64. The van der Waals surface area contributed by atoms with Gasteiger partial charge in [-0.05, 0) is 63.1 Å². The number of amides is 1. The lowest BCUT2D eigenvalue weighted by atomic mass is 10.2. The fourth-order valence-corrected chi connectivity index (χ4v) is 2.68. The fourth-order valence-electron chi connectivity index (χ4n) is 2.68. The Bertz CT molecular complexity index is 736. The SMILES string of the molecule is CCN(CC)c1ccc(/C=N\NC(=O)[C@H](C)Nc2cccc(C)c2)cc1. The molecule has 0 radical (unpaired) electrons. The van der Waals surface area contributed by atoms with E-state index in [1.807, 2.05) is 50.2 Å². The van der Waals surface area contributed by atoms with Crippen molar-refractivity contribution in [2.75, 3.05) is 23.3 Å². The lowest BCUT2D eigenvalue weighted by molar-refractivity contribution is -0.121. The summed E-state index contributed by atoms with van der Waals surface area (Å²) in [5.41, 5.74) is 6.78. The molecular formula is C21H28N4O. The normalized spacial score (nSPS) is 12.0. The standard InChI is InChI=1S/C21H28N4O/c1-5-25(6-2)20-12-10-18(11-13-20)15-22-24-21(26)17(4)23-19-9-7-8-16(3)14-19/h7-15,17,23H,5-6H2,1-4H3,(H,24,26)/b22-15-/t17-/m0/s1. The van der Waals surface area contributed by atoms with Crippen LogP contribution in [-0.4, -0.2) is 31.3 Å². The van der Waals surface area contributed by atoms with Crippen molar-refractivity contribution in [1.29, 1.82) is 0 Å². The molecule has 1 atom stereocenters. The van der Waals surface area contributed by atoms with Gasteiger partial charge < -0.3 is 10.2 Å². The van der Waals surface area contributed by atoms with Crippen molar-refractivity contribution in [2.24, 2.45) is 5.10 Å². The Balaban J connectivity index is 1.87. The predicted molar refractivity (Wildman–Crippen MR) is 110 cm³/mol. The largest absolute Gasteiger partial charge is 0.374 e. The van der Waals surface area contributed by atoms with Gasteiger partial charge in [-0.2, -0.15) is 5.10 Å². The third-order valence-corrected chi connectivity index (χ3v) is 4.20. The predicted octanol–water partition coefficient (Wildman–Crippen LogP) is 3.79. The van der Waals surface area contributed by atoms with Crippen molar-refractivity contribution >= 4 is 23.5 Å². The molecule has 0 saturated heterocycles. The number of rotatable bonds is 8. The summed E-state index contributed by atoms with van der Waals surface area (Å²) < 4.78 is 0. The number of hydrogen-bond donors (Lipinski definition) is 2. The minimum absolute atomic E-state index is 0.178. The van der Waals surface area contributed by atoms with Gasteiger partial charge in [-0.3, -0.25) is 4.79 Å². The Labute approximate surface area is 156 Å². The molecule has 2 N–H and O–H groups in total. The van der Waals surface area contributed by atoms with E-state index in [-0.39, 0.29) is 11.9 Å². The summed E-state index contributed by atoms with van der Waals surface area (Å²) in [4.78, 5) is 14.4. The van der Waals surface area contributed by atoms with Crippen molar-refractivity contribution in [2.45, 2.75) is 33.7 Å². The summed E-state index contributed by atoms with van der Waals surface area (Å²) in [5, 5.41) is 7.23. The van der Waals surface area contributed by atoms with Gasteiger partial charge in [0.25, 0.3) is 5.91 Å². The van der Waals surface area contributed by atoms with Crippen LogP contribution in [0.25, 0.3) is 0 Å². The highest BCUT2D eigenvalue weighted by molar-refractivity contribution is 5.86. The number of anilines is 2. The van der Waals surface area contributed by atoms with E-state index in [0.717, 1.165) is 29.9 Å². The third kappa shape index (κ3) is 5.62. The van der Waals surface area contributed by atoms with Gasteiger partial charge in [0, 0.05) is 24.5 Å². The second-order valence-corrected chi connectivity index (χ2v) is 6.23. The number of nitrogens with zero attached hydrogens (tertiary/aromatic N) is 2. The van der Waals surface area contributed by atoms with Gasteiger partial charge in [0.05, 0.1) is 6.21 Å². The summed E-state index contributed by atoms with van der Waals surface area (Å²) in [6, 6.07) is 15.7. The van der Waals surface area contributed by atoms with Gasteiger partial charge in [-0.25, -0.2) is 5.43 Å². The molecule has 0 heterocycles. The molecule has 0 unspecified atom stereocenters. The molecule has 2 aromatic carbocycles. The van der Waals surface area contributed by atoms with Crippen LogP contribution in [0.2, 0.25) is 0 Å². The van der Waals surface area contributed by atoms with Crippen LogP contribution in [0.15, 0.2) is 53.6 Å². The molecule has 0 saturated carbocycles. The van der Waals surface area contributed by atoms with Crippen molar-refractivity contribution in [3.05, 3.63) is 59.7 Å². The average molecular weight is 352 g/mol. The maximum Gasteiger partial charge on any atom is 0.262 e. The first-order valence-electron chi connectivity index (χ1n) is 9.04. The highest BCUT2D eigenvalue weighted by atomic mass is 16.2. The lowest BCUT2D eigenvalue weighted by Gasteiger charge is -2.20. The molecule has 0 aliphatic heterocycles. The second-order valence-electron chi connectivity index (χ2n) is 6.23. The van der Waals surface area contributed by atoms with Crippen molar-refractivity contribution in [3.8, 4) is 0 Å². The maximum absolute atomic E-state index is 12.1. The minimum atomic E-state index is -0.376. The van der Waals surface area contributed by atoms with Crippen LogP contribution >= 0.6 is 0 Å². The van der Waals surface area contributed by atoms with Gasteiger partial charge in [-0.1, -0.05) is 24.3 Å². The quantitative estimate of drug-likeness (QED) is 0.561. The van der Waals surface area contributed by atoms with Crippen molar-refractivity contribution in [1.82, 2.24) is 5.43 Å². The highest BCUT2D eigenvalue weighted by Crippen LogP contribution is 2.14. The summed E-state index contributed by atoms with van der Waals surface area (Å²) in [7, 11) is 0. The Hall–Kier alpha value is -2.82. The highest BCUT2D eigenvalue weighted by Gasteiger charge is 2.11. The zero-order valence-corrected chi connectivity index (χ0v) is 16.0. The van der Waals surface area contributed by atoms with E-state index in [9.17, 15) is 4.79 Å². The van der Waals surface area contributed by atoms with Gasteiger partial charge >= 0.3 is 0 Å². The molecule has 0 spiro atoms. The molecular weight excluding hydrogens is 324 g/mol. The molecule has 0 aromatic heterocycles. The second kappa shape index (κ2) is 9.61. The molecule has 5 heteroatoms. The van der Waals surface area contributed by atoms with Crippen LogP contribution < -0.4 is 15.6 Å². The van der Waals surface area contributed by atoms with Gasteiger partial charge in [0.1, 0.15) is 6.04 Å². The zero-order valence-electron chi connectivity index (χ0n) is 16.0. The maximum atomic E-state index is 12.1. The number of carbonyl (C=O) groups excluding carboxylic acids is 1. The van der Waals surface area contributed by atoms with Crippen LogP contribution in [0.3, 0.4) is 0 Å². The topological polar surface area (TPSA) is 56.7 Å². The monoisotopic (exact) mass is 352 g/mol. The molecule has 2 aromatic rings. The van der Waals surface area contributed by atoms with E-state index in [0.29, 0.717) is 0 Å². The summed E-state index contributed by atoms with van der Waals surface area (Å²) >= 11 is 0. The zero-order chi connectivity index (χ0) is 18.9. The van der Waals surface area contributed by atoms with E-state index in [2.05, 4.69) is 46.7 Å². The molecule has 2 rings (SSSR count). The van der Waals surface area contributed by atoms with Gasteiger partial charge in [0.2, 0.25) is 0 Å². The minimum Gasteiger partial charge on any atom is -0.374 e. The Morgan fingerprint density at radius 3 is 2.46 bits per heavy atom. The van der Waals surface area contributed by atoms with Crippen LogP contribution in [0, 0.1) is 6.92 Å². The fraction of sp³-hybridized carbons (Fsp3) is 0.333. The Morgan fingerprint density at radius 2 is 1.85 bits per heavy atom. The van der Waals surface area contributed by atoms with E-state index >= 15 is 0 Å². The number of nitrogens with one attached hydrogen (secondary N) is 2. The molecule has 0 aliphatic carbocycles. The smallest absolute Gasteiger partial charge is 0.262 e. The molecule has 0 bridgehead atoms. The van der Waals surface area contributed by atoms with E-state index < -0.39 is 0 Å². The van der Waals surface area contributed by atoms with Crippen molar-refractivity contribution < 1.29 is 4.79 Å². The summed E-state index contributed by atoms with van der Waals surface area (Å²) in [6.45, 7) is 10.1. The van der Waals surface area contributed by atoms with E-state index in [1.165, 1.54) is 5.69 Å². The van der Waals surface area contributed by atoms with Crippen LogP contribution in [0.4, 0.5) is 11.4 Å². The molecule has 138 valence electrons. The first-order chi connectivity index (χ1) is 12.5. The van der Waals surface area contributed by atoms with Gasteiger partial charge in [0.15, 0.2) is 0 Å². The molecule has 26 heavy (non-hydrogen) atoms.